The molecule has 2 aromatic carbocycles. The summed E-state index contributed by atoms with van der Waals surface area (Å²) < 4.78 is 32.6. The zero-order valence-electron chi connectivity index (χ0n) is 18.5. The highest BCUT2D eigenvalue weighted by atomic mass is 19.3. The molecule has 0 saturated carbocycles. The Morgan fingerprint density at radius 3 is 2.70 bits per heavy atom. The van der Waals surface area contributed by atoms with Crippen LogP contribution in [0.15, 0.2) is 30.3 Å². The number of carbonyl (C=O) groups is 1. The first-order valence-corrected chi connectivity index (χ1v) is 10.9. The Kier molecular flexibility index (Phi) is 4.78. The zero-order valence-corrected chi connectivity index (χ0v) is 18.5. The maximum Gasteiger partial charge on any atom is 0.336 e. The molecule has 0 amide bonds. The topological polar surface area (TPSA) is 60.0 Å². The minimum atomic E-state index is -2.71. The van der Waals surface area contributed by atoms with Crippen LogP contribution in [0.1, 0.15) is 40.5 Å². The largest absolute Gasteiger partial charge is 0.478 e. The van der Waals surface area contributed by atoms with E-state index in [-0.39, 0.29) is 24.9 Å². The van der Waals surface area contributed by atoms with Gasteiger partial charge in [-0.3, -0.25) is 0 Å². The van der Waals surface area contributed by atoms with Gasteiger partial charge in [0.1, 0.15) is 5.82 Å². The second-order valence-corrected chi connectivity index (χ2v) is 8.57. The van der Waals surface area contributed by atoms with Crippen molar-refractivity contribution in [1.82, 2.24) is 14.1 Å². The summed E-state index contributed by atoms with van der Waals surface area (Å²) in [4.78, 5) is 16.4. The van der Waals surface area contributed by atoms with Crippen LogP contribution in [0.3, 0.4) is 0 Å². The van der Waals surface area contributed by atoms with Gasteiger partial charge in [-0.15, -0.1) is 6.42 Å². The van der Waals surface area contributed by atoms with E-state index < -0.39 is 11.9 Å². The number of hydrogen-bond acceptors (Lipinski definition) is 2. The minimum absolute atomic E-state index is 0.133. The molecule has 2 aromatic heterocycles. The minimum Gasteiger partial charge on any atom is -0.478 e. The van der Waals surface area contributed by atoms with Crippen LogP contribution in [-0.2, 0) is 25.9 Å². The number of nitrogens with zero attached hydrogens (tertiary/aromatic N) is 3. The summed E-state index contributed by atoms with van der Waals surface area (Å²) in [6.07, 6.45) is 5.58. The average molecular weight is 447 g/mol. The number of fused-ring (bicyclic) bond motifs is 4. The Hall–Kier alpha value is -3.66. The molecule has 0 fully saturated rings. The van der Waals surface area contributed by atoms with Gasteiger partial charge in [-0.1, -0.05) is 5.92 Å². The summed E-state index contributed by atoms with van der Waals surface area (Å²) >= 11 is 0. The van der Waals surface area contributed by atoms with Gasteiger partial charge in [0.25, 0.3) is 5.92 Å². The van der Waals surface area contributed by atoms with Crippen molar-refractivity contribution in [2.75, 3.05) is 0 Å². The Labute approximate surface area is 189 Å². The number of imidazole rings is 1. The van der Waals surface area contributed by atoms with Crippen LogP contribution in [0.2, 0.25) is 0 Å². The Morgan fingerprint density at radius 2 is 2.00 bits per heavy atom. The van der Waals surface area contributed by atoms with E-state index in [0.717, 1.165) is 27.7 Å². The molecule has 168 valence electrons. The molecule has 0 aliphatic heterocycles. The summed E-state index contributed by atoms with van der Waals surface area (Å²) in [5.41, 5.74) is 5.44. The molecule has 1 aliphatic carbocycles. The van der Waals surface area contributed by atoms with Gasteiger partial charge in [-0.2, -0.15) is 0 Å². The number of aromatic carboxylic acids is 1. The predicted octanol–water partition coefficient (Wildman–Crippen LogP) is 5.44. The van der Waals surface area contributed by atoms with Gasteiger partial charge < -0.3 is 14.2 Å². The second kappa shape index (κ2) is 7.45. The predicted molar refractivity (Wildman–Crippen MR) is 124 cm³/mol. The molecular formula is C26H23F2N3O2. The monoisotopic (exact) mass is 447 g/mol. The van der Waals surface area contributed by atoms with Gasteiger partial charge in [-0.05, 0) is 61.7 Å². The fourth-order valence-corrected chi connectivity index (χ4v) is 5.14. The van der Waals surface area contributed by atoms with Gasteiger partial charge in [0.2, 0.25) is 0 Å². The lowest BCUT2D eigenvalue weighted by Gasteiger charge is -2.23. The standard InChI is InChI=1S/C26H23F2N3O2/c1-4-12-31-22-9-7-17(25(32)33)15(3)23(22)29-24(31)16-6-8-20-18(13-16)19-14-26(27,28)11-10-21(19)30(20)5-2/h1,6-9,13H,5,10-12,14H2,2-3H3,(H,32,33). The van der Waals surface area contributed by atoms with E-state index in [4.69, 9.17) is 11.4 Å². The molecule has 0 spiro atoms. The lowest BCUT2D eigenvalue weighted by molar-refractivity contribution is -0.0125. The highest BCUT2D eigenvalue weighted by molar-refractivity contribution is 5.97. The van der Waals surface area contributed by atoms with Crippen molar-refractivity contribution < 1.29 is 18.7 Å². The fourth-order valence-electron chi connectivity index (χ4n) is 5.14. The molecule has 2 heterocycles. The van der Waals surface area contributed by atoms with E-state index in [1.807, 2.05) is 29.7 Å². The van der Waals surface area contributed by atoms with E-state index in [0.29, 0.717) is 35.4 Å². The van der Waals surface area contributed by atoms with Crippen molar-refractivity contribution in [3.05, 3.63) is 52.7 Å². The molecule has 5 rings (SSSR count). The molecule has 0 saturated heterocycles. The van der Waals surface area contributed by atoms with E-state index >= 15 is 0 Å². The van der Waals surface area contributed by atoms with Crippen LogP contribution < -0.4 is 0 Å². The summed E-state index contributed by atoms with van der Waals surface area (Å²) in [5.74, 6) is -0.491. The van der Waals surface area contributed by atoms with Crippen LogP contribution in [-0.4, -0.2) is 31.1 Å². The van der Waals surface area contributed by atoms with Gasteiger partial charge in [0.15, 0.2) is 0 Å². The number of carboxylic acids is 1. The first-order valence-electron chi connectivity index (χ1n) is 10.9. The number of benzene rings is 2. The van der Waals surface area contributed by atoms with Crippen LogP contribution in [0, 0.1) is 19.3 Å². The molecule has 1 N–H and O–H groups in total. The summed E-state index contributed by atoms with van der Waals surface area (Å²) in [5, 5.41) is 10.3. The summed E-state index contributed by atoms with van der Waals surface area (Å²) in [7, 11) is 0. The molecule has 33 heavy (non-hydrogen) atoms. The van der Waals surface area contributed by atoms with Gasteiger partial charge in [0, 0.05) is 41.5 Å². The van der Waals surface area contributed by atoms with Crippen LogP contribution in [0.5, 0.6) is 0 Å². The SMILES string of the molecule is C#CCn1c(-c2ccc3c(c2)c2c(n3CC)CCC(F)(F)C2)nc2c(C)c(C(=O)O)ccc21. The van der Waals surface area contributed by atoms with Crippen molar-refractivity contribution >= 4 is 27.9 Å². The number of alkyl halides is 2. The number of terminal acetylenes is 1. The molecule has 5 nitrogen and oxygen atoms in total. The maximum absolute atomic E-state index is 14.3. The van der Waals surface area contributed by atoms with E-state index in [1.165, 1.54) is 0 Å². The normalized spacial score (nSPS) is 15.0. The lowest BCUT2D eigenvalue weighted by atomic mass is 9.92. The molecule has 0 unspecified atom stereocenters. The van der Waals surface area contributed by atoms with Gasteiger partial charge in [-0.25, -0.2) is 18.6 Å². The van der Waals surface area contributed by atoms with Crippen LogP contribution in [0.4, 0.5) is 8.78 Å². The number of carboxylic acid groups (broad SMARTS) is 1. The zero-order chi connectivity index (χ0) is 23.5. The third-order valence-electron chi connectivity index (χ3n) is 6.68. The number of hydrogen-bond donors (Lipinski definition) is 1. The van der Waals surface area contributed by atoms with E-state index in [9.17, 15) is 18.7 Å². The Bertz CT molecular complexity index is 1490. The van der Waals surface area contributed by atoms with E-state index in [2.05, 4.69) is 10.5 Å². The van der Waals surface area contributed by atoms with Crippen LogP contribution >= 0.6 is 0 Å². The second-order valence-electron chi connectivity index (χ2n) is 8.57. The average Bonchev–Trinajstić information content (AvgIpc) is 3.29. The number of aromatic nitrogens is 3. The quantitative estimate of drug-likeness (QED) is 0.424. The molecule has 0 bridgehead atoms. The smallest absolute Gasteiger partial charge is 0.336 e. The molecule has 0 atom stereocenters. The summed E-state index contributed by atoms with van der Waals surface area (Å²) in [6, 6.07) is 9.08. The number of aryl methyl sites for hydroxylation is 2. The number of rotatable bonds is 4. The highest BCUT2D eigenvalue weighted by Crippen LogP contribution is 2.40. The van der Waals surface area contributed by atoms with Gasteiger partial charge in [0.05, 0.1) is 23.1 Å². The molecule has 7 heteroatoms. The van der Waals surface area contributed by atoms with Crippen molar-refractivity contribution in [3.63, 3.8) is 0 Å². The molecule has 4 aromatic rings. The highest BCUT2D eigenvalue weighted by Gasteiger charge is 2.37. The molecular weight excluding hydrogens is 424 g/mol. The maximum atomic E-state index is 14.3. The van der Waals surface area contributed by atoms with E-state index in [1.54, 1.807) is 19.1 Å². The number of halogens is 2. The molecule has 1 aliphatic rings. The van der Waals surface area contributed by atoms with Crippen LogP contribution in [0.25, 0.3) is 33.3 Å². The third kappa shape index (κ3) is 3.20. The summed E-state index contributed by atoms with van der Waals surface area (Å²) in [6.45, 7) is 4.72. The first kappa shape index (κ1) is 21.2. The van der Waals surface area contributed by atoms with Crippen molar-refractivity contribution in [3.8, 4) is 23.7 Å². The first-order chi connectivity index (χ1) is 15.8. The Morgan fingerprint density at radius 1 is 1.24 bits per heavy atom. The molecule has 0 radical (unpaired) electrons. The van der Waals surface area contributed by atoms with Crippen molar-refractivity contribution in [2.45, 2.75) is 52.1 Å². The fraction of sp³-hybridized carbons (Fsp3) is 0.308. The van der Waals surface area contributed by atoms with Crippen molar-refractivity contribution in [2.24, 2.45) is 0 Å². The van der Waals surface area contributed by atoms with Crippen molar-refractivity contribution in [1.29, 1.82) is 0 Å². The third-order valence-corrected chi connectivity index (χ3v) is 6.68. The van der Waals surface area contributed by atoms with Gasteiger partial charge >= 0.3 is 5.97 Å². The lowest BCUT2D eigenvalue weighted by Crippen LogP contribution is -2.26. The Balaban J connectivity index is 1.76.